The number of hydrogen-bond donors (Lipinski definition) is 3. The normalized spacial score (nSPS) is 22.5. The van der Waals surface area contributed by atoms with Crippen LogP contribution < -0.4 is 15.5 Å². The number of nitrogens with zero attached hydrogens (tertiary/aromatic N) is 4. The van der Waals surface area contributed by atoms with Gasteiger partial charge in [-0.2, -0.15) is 0 Å². The first-order valence-electron chi connectivity index (χ1n) is 18.2. The molecular weight excluding hydrogens is 628 g/mol. The maximum Gasteiger partial charge on any atom is 0.243 e. The number of aldehydes is 1. The van der Waals surface area contributed by atoms with E-state index >= 15 is 0 Å². The Labute approximate surface area is 296 Å². The van der Waals surface area contributed by atoms with E-state index in [2.05, 4.69) is 97.9 Å². The fourth-order valence-electron chi connectivity index (χ4n) is 7.85. The van der Waals surface area contributed by atoms with Crippen LogP contribution in [0.3, 0.4) is 0 Å². The molecule has 1 saturated carbocycles. The Hall–Kier alpha value is -3.93. The van der Waals surface area contributed by atoms with Gasteiger partial charge in [-0.15, -0.1) is 0 Å². The van der Waals surface area contributed by atoms with Crippen molar-refractivity contribution < 1.29 is 19.5 Å². The number of rotatable bonds is 14. The maximum atomic E-state index is 12.3. The predicted molar refractivity (Wildman–Crippen MR) is 196 cm³/mol. The van der Waals surface area contributed by atoms with Crippen molar-refractivity contribution in [3.8, 4) is 0 Å². The van der Waals surface area contributed by atoms with Gasteiger partial charge in [0.2, 0.25) is 11.8 Å². The van der Waals surface area contributed by atoms with Crippen LogP contribution in [0.25, 0.3) is 0 Å². The van der Waals surface area contributed by atoms with Gasteiger partial charge in [0.25, 0.3) is 0 Å². The van der Waals surface area contributed by atoms with Crippen LogP contribution in [-0.4, -0.2) is 102 Å². The van der Waals surface area contributed by atoms with Crippen molar-refractivity contribution in [2.45, 2.75) is 76.0 Å². The van der Waals surface area contributed by atoms with E-state index in [0.717, 1.165) is 64.3 Å². The lowest BCUT2D eigenvalue weighted by molar-refractivity contribution is -0.135. The van der Waals surface area contributed by atoms with Crippen LogP contribution in [0, 0.1) is 0 Å². The van der Waals surface area contributed by atoms with Crippen LogP contribution in [0.15, 0.2) is 78.9 Å². The zero-order valence-corrected chi connectivity index (χ0v) is 29.3. The molecule has 0 aromatic heterocycles. The smallest absolute Gasteiger partial charge is 0.243 e. The summed E-state index contributed by atoms with van der Waals surface area (Å²) < 4.78 is 0. The van der Waals surface area contributed by atoms with Crippen LogP contribution in [0.2, 0.25) is 0 Å². The summed E-state index contributed by atoms with van der Waals surface area (Å²) >= 11 is 0. The Morgan fingerprint density at radius 1 is 0.840 bits per heavy atom. The van der Waals surface area contributed by atoms with Gasteiger partial charge in [-0.25, -0.2) is 0 Å². The zero-order chi connectivity index (χ0) is 34.9. The summed E-state index contributed by atoms with van der Waals surface area (Å²) in [5.41, 5.74) is 4.40. The molecule has 0 spiro atoms. The molecule has 3 N–H and O–H groups in total. The predicted octanol–water partition coefficient (Wildman–Crippen LogP) is 3.95. The van der Waals surface area contributed by atoms with Crippen LogP contribution in [-0.2, 0) is 22.7 Å². The molecular formula is C40H52N6O4. The molecule has 10 nitrogen and oxygen atoms in total. The average molecular weight is 681 g/mol. The largest absolute Gasteiger partial charge is 0.374 e. The van der Waals surface area contributed by atoms with Gasteiger partial charge >= 0.3 is 0 Å². The number of piperazine rings is 1. The average Bonchev–Trinajstić information content (AvgIpc) is 3.15. The topological polar surface area (TPSA) is 108 Å². The molecule has 2 aliphatic heterocycles. The summed E-state index contributed by atoms with van der Waals surface area (Å²) in [6.45, 7) is 7.36. The number of anilines is 1. The van der Waals surface area contributed by atoms with Crippen LogP contribution in [0.5, 0.6) is 0 Å². The molecule has 266 valence electrons. The molecule has 3 aliphatic rings. The minimum absolute atomic E-state index is 0.209. The highest BCUT2D eigenvalue weighted by atomic mass is 16.3. The molecule has 2 saturated heterocycles. The highest BCUT2D eigenvalue weighted by Crippen LogP contribution is 2.30. The SMILES string of the molecule is CN(CCN1CCN(c2cccc(C(O)NC3CCC(=O)NC3=O)c2C=O)CC1)C1CCC(N(Cc2ccccc2)Cc2ccccc2)CC1. The fourth-order valence-corrected chi connectivity index (χ4v) is 7.85. The molecule has 6 rings (SSSR count). The first kappa shape index (κ1) is 35.9. The number of benzene rings is 3. The Kier molecular flexibility index (Phi) is 12.4. The lowest BCUT2D eigenvalue weighted by Gasteiger charge is -2.41. The number of likely N-dealkylation sites (N-methyl/N-ethyl adjacent to an activating group) is 1. The van der Waals surface area contributed by atoms with Crippen molar-refractivity contribution in [2.24, 2.45) is 0 Å². The van der Waals surface area contributed by atoms with Crippen molar-refractivity contribution in [3.63, 3.8) is 0 Å². The third-order valence-electron chi connectivity index (χ3n) is 10.9. The molecule has 2 atom stereocenters. The van der Waals surface area contributed by atoms with Crippen molar-refractivity contribution in [2.75, 3.05) is 51.2 Å². The number of nitrogens with one attached hydrogen (secondary N) is 2. The number of piperidine rings is 1. The van der Waals surface area contributed by atoms with Gasteiger partial charge in [-0.3, -0.25) is 34.8 Å². The maximum absolute atomic E-state index is 12.3. The van der Waals surface area contributed by atoms with E-state index in [4.69, 9.17) is 0 Å². The quantitative estimate of drug-likeness (QED) is 0.133. The summed E-state index contributed by atoms with van der Waals surface area (Å²) in [7, 11) is 2.28. The second-order valence-electron chi connectivity index (χ2n) is 14.1. The molecule has 10 heteroatoms. The van der Waals surface area contributed by atoms with Crippen molar-refractivity contribution in [1.29, 1.82) is 0 Å². The number of aliphatic hydroxyl groups is 1. The monoisotopic (exact) mass is 680 g/mol. The second kappa shape index (κ2) is 17.3. The molecule has 3 aromatic rings. The molecule has 50 heavy (non-hydrogen) atoms. The van der Waals surface area contributed by atoms with Crippen molar-refractivity contribution >= 4 is 23.8 Å². The molecule has 2 amide bonds. The van der Waals surface area contributed by atoms with Gasteiger partial charge in [0.15, 0.2) is 6.29 Å². The first-order chi connectivity index (χ1) is 24.4. The van der Waals surface area contributed by atoms with Crippen LogP contribution >= 0.6 is 0 Å². The van der Waals surface area contributed by atoms with Gasteiger partial charge in [0, 0.05) is 87.7 Å². The third kappa shape index (κ3) is 9.24. The highest BCUT2D eigenvalue weighted by molar-refractivity contribution is 6.00. The Bertz CT molecular complexity index is 1520. The summed E-state index contributed by atoms with van der Waals surface area (Å²) in [5, 5.41) is 16.2. The lowest BCUT2D eigenvalue weighted by atomic mass is 9.88. The summed E-state index contributed by atoms with van der Waals surface area (Å²) in [6.07, 6.45) is 4.94. The summed E-state index contributed by atoms with van der Waals surface area (Å²) in [4.78, 5) is 46.0. The number of carbonyl (C=O) groups excluding carboxylic acids is 3. The lowest BCUT2D eigenvalue weighted by Crippen LogP contribution is -2.51. The highest BCUT2D eigenvalue weighted by Gasteiger charge is 2.31. The molecule has 0 bridgehead atoms. The summed E-state index contributed by atoms with van der Waals surface area (Å²) in [5.74, 6) is -0.768. The number of amides is 2. The van der Waals surface area contributed by atoms with E-state index < -0.39 is 18.2 Å². The van der Waals surface area contributed by atoms with Gasteiger partial charge in [-0.05, 0) is 56.3 Å². The standard InChI is InChI=1S/C40H52N6O4/c1-43(32-15-17-33(18-16-32)46(27-30-9-4-2-5-10-30)28-31-11-6-3-7-12-31)21-22-44-23-25-45(26-24-44)37-14-8-13-34(35(37)29-47)39(49)41-36-19-20-38(48)42-40(36)50/h2-14,29,32-33,36,39,41,49H,15-28H2,1H3,(H,42,48,50). The minimum atomic E-state index is -1.21. The fraction of sp³-hybridized carbons (Fsp3) is 0.475. The third-order valence-corrected chi connectivity index (χ3v) is 10.9. The van der Waals surface area contributed by atoms with E-state index in [0.29, 0.717) is 29.6 Å². The molecule has 2 unspecified atom stereocenters. The minimum Gasteiger partial charge on any atom is -0.374 e. The Morgan fingerprint density at radius 2 is 1.46 bits per heavy atom. The van der Waals surface area contributed by atoms with E-state index in [1.807, 2.05) is 12.1 Å². The van der Waals surface area contributed by atoms with E-state index in [1.54, 1.807) is 6.07 Å². The first-order valence-corrected chi connectivity index (χ1v) is 18.2. The Balaban J connectivity index is 0.970. The Morgan fingerprint density at radius 3 is 2.06 bits per heavy atom. The second-order valence-corrected chi connectivity index (χ2v) is 14.1. The molecule has 1 aliphatic carbocycles. The van der Waals surface area contributed by atoms with Gasteiger partial charge < -0.3 is 14.9 Å². The van der Waals surface area contributed by atoms with Crippen LogP contribution in [0.1, 0.15) is 71.8 Å². The van der Waals surface area contributed by atoms with Gasteiger partial charge in [0.05, 0.1) is 6.04 Å². The number of aliphatic hydroxyl groups excluding tert-OH is 1. The zero-order valence-electron chi connectivity index (χ0n) is 29.3. The molecule has 3 fully saturated rings. The van der Waals surface area contributed by atoms with E-state index in [-0.39, 0.29) is 12.3 Å². The van der Waals surface area contributed by atoms with E-state index in [1.165, 1.54) is 36.8 Å². The number of carbonyl (C=O) groups is 3. The molecule has 3 aromatic carbocycles. The number of imide groups is 1. The summed E-state index contributed by atoms with van der Waals surface area (Å²) in [6, 6.07) is 27.6. The van der Waals surface area contributed by atoms with Gasteiger partial charge in [-0.1, -0.05) is 72.8 Å². The molecule has 0 radical (unpaired) electrons. The number of hydrogen-bond acceptors (Lipinski definition) is 9. The van der Waals surface area contributed by atoms with Crippen molar-refractivity contribution in [1.82, 2.24) is 25.3 Å². The van der Waals surface area contributed by atoms with Crippen molar-refractivity contribution in [3.05, 3.63) is 101 Å². The van der Waals surface area contributed by atoms with Crippen LogP contribution in [0.4, 0.5) is 5.69 Å². The van der Waals surface area contributed by atoms with E-state index in [9.17, 15) is 19.5 Å². The molecule has 2 heterocycles. The van der Waals surface area contributed by atoms with Gasteiger partial charge in [0.1, 0.15) is 6.23 Å².